The van der Waals surface area contributed by atoms with Crippen LogP contribution in [0, 0.1) is 5.82 Å². The minimum Gasteiger partial charge on any atom is -0.463 e. The molecule has 2 aromatic rings. The van der Waals surface area contributed by atoms with Gasteiger partial charge in [0.1, 0.15) is 5.82 Å². The van der Waals surface area contributed by atoms with Crippen LogP contribution in [-0.2, 0) is 17.8 Å². The number of furan rings is 1. The third kappa shape index (κ3) is 3.57. The lowest BCUT2D eigenvalue weighted by molar-refractivity contribution is 0.0561. The van der Waals surface area contributed by atoms with Gasteiger partial charge < -0.3 is 9.15 Å². The summed E-state index contributed by atoms with van der Waals surface area (Å²) in [4.78, 5) is 13.8. The zero-order chi connectivity index (χ0) is 16.4. The average Bonchev–Trinajstić information content (AvgIpc) is 3.28. The Morgan fingerprint density at radius 1 is 1.39 bits per heavy atom. The molecule has 1 heterocycles. The molecule has 122 valence electrons. The van der Waals surface area contributed by atoms with Crippen molar-refractivity contribution in [1.29, 1.82) is 0 Å². The lowest BCUT2D eigenvalue weighted by Gasteiger charge is -2.22. The van der Waals surface area contributed by atoms with E-state index < -0.39 is 5.97 Å². The van der Waals surface area contributed by atoms with Crippen LogP contribution >= 0.6 is 11.6 Å². The number of hydrogen-bond donors (Lipinski definition) is 0. The minimum absolute atomic E-state index is 0.192. The predicted octanol–water partition coefficient (Wildman–Crippen LogP) is 4.02. The Bertz CT molecular complexity index is 691. The molecule has 0 saturated heterocycles. The smallest absolute Gasteiger partial charge is 0.374 e. The van der Waals surface area contributed by atoms with Crippen molar-refractivity contribution in [1.82, 2.24) is 4.90 Å². The van der Waals surface area contributed by atoms with Gasteiger partial charge >= 0.3 is 5.97 Å². The van der Waals surface area contributed by atoms with E-state index in [1.54, 1.807) is 18.2 Å². The largest absolute Gasteiger partial charge is 0.463 e. The van der Waals surface area contributed by atoms with Crippen molar-refractivity contribution in [2.45, 2.75) is 32.0 Å². The van der Waals surface area contributed by atoms with Crippen LogP contribution in [0.15, 0.2) is 34.9 Å². The quantitative estimate of drug-likeness (QED) is 0.747. The Labute approximate surface area is 138 Å². The Morgan fingerprint density at radius 3 is 2.83 bits per heavy atom. The van der Waals surface area contributed by atoms with Crippen LogP contribution in [0.3, 0.4) is 0 Å². The first kappa shape index (κ1) is 16.0. The fraction of sp³-hybridized carbons (Fsp3) is 0.353. The number of carbonyl (C=O) groups excluding carboxylic acids is 1. The Kier molecular flexibility index (Phi) is 4.68. The molecule has 0 N–H and O–H groups in total. The minimum atomic E-state index is -0.510. The molecular formula is C17H17ClFNO3. The molecule has 1 aromatic heterocycles. The number of nitrogens with zero attached hydrogens (tertiary/aromatic N) is 1. The van der Waals surface area contributed by atoms with E-state index in [1.165, 1.54) is 19.4 Å². The number of methoxy groups -OCH3 is 1. The standard InChI is InChI=1S/C17H17ClFNO3/c1-22-17(21)16-11(7-8-23-16)9-20(12-5-6-12)10-13-14(18)3-2-4-15(13)19/h2-4,7-8,12H,5-6,9-10H2,1H3. The summed E-state index contributed by atoms with van der Waals surface area (Å²) in [6.45, 7) is 0.873. The van der Waals surface area contributed by atoms with E-state index in [1.807, 2.05) is 0 Å². The van der Waals surface area contributed by atoms with E-state index in [0.29, 0.717) is 29.7 Å². The number of esters is 1. The third-order valence-electron chi connectivity index (χ3n) is 3.98. The van der Waals surface area contributed by atoms with Gasteiger partial charge in [0.25, 0.3) is 0 Å². The highest BCUT2D eigenvalue weighted by atomic mass is 35.5. The van der Waals surface area contributed by atoms with Gasteiger partial charge in [0.15, 0.2) is 0 Å². The highest BCUT2D eigenvalue weighted by Gasteiger charge is 2.31. The first-order valence-corrected chi connectivity index (χ1v) is 7.79. The fourth-order valence-corrected chi connectivity index (χ4v) is 2.81. The predicted molar refractivity (Wildman–Crippen MR) is 83.7 cm³/mol. The van der Waals surface area contributed by atoms with Gasteiger partial charge in [-0.3, -0.25) is 4.90 Å². The summed E-state index contributed by atoms with van der Waals surface area (Å²) in [7, 11) is 1.31. The van der Waals surface area contributed by atoms with Crippen molar-refractivity contribution in [3.63, 3.8) is 0 Å². The Balaban J connectivity index is 1.81. The first-order chi connectivity index (χ1) is 11.1. The van der Waals surface area contributed by atoms with Crippen LogP contribution < -0.4 is 0 Å². The van der Waals surface area contributed by atoms with Gasteiger partial charge in [0.05, 0.1) is 13.4 Å². The molecule has 1 aliphatic carbocycles. The molecule has 1 fully saturated rings. The van der Waals surface area contributed by atoms with E-state index >= 15 is 0 Å². The molecule has 23 heavy (non-hydrogen) atoms. The number of halogens is 2. The molecule has 0 unspecified atom stereocenters. The average molecular weight is 338 g/mol. The second-order valence-electron chi connectivity index (χ2n) is 5.60. The second kappa shape index (κ2) is 6.72. The van der Waals surface area contributed by atoms with Gasteiger partial charge in [0.2, 0.25) is 5.76 Å². The maximum atomic E-state index is 14.0. The maximum Gasteiger partial charge on any atom is 0.374 e. The summed E-state index contributed by atoms with van der Waals surface area (Å²) < 4.78 is 24.0. The van der Waals surface area contributed by atoms with Crippen molar-refractivity contribution in [3.8, 4) is 0 Å². The number of carbonyl (C=O) groups is 1. The van der Waals surface area contributed by atoms with E-state index in [-0.39, 0.29) is 11.6 Å². The molecule has 4 nitrogen and oxygen atoms in total. The normalized spacial score (nSPS) is 14.3. The first-order valence-electron chi connectivity index (χ1n) is 7.41. The summed E-state index contributed by atoms with van der Waals surface area (Å²) in [6, 6.07) is 6.79. The van der Waals surface area contributed by atoms with Gasteiger partial charge in [-0.2, -0.15) is 0 Å². The van der Waals surface area contributed by atoms with Crippen molar-refractivity contribution in [3.05, 3.63) is 58.3 Å². The monoisotopic (exact) mass is 337 g/mol. The van der Waals surface area contributed by atoms with Gasteiger partial charge in [-0.15, -0.1) is 0 Å². The van der Waals surface area contributed by atoms with Crippen LogP contribution in [0.5, 0.6) is 0 Å². The maximum absolute atomic E-state index is 14.0. The van der Waals surface area contributed by atoms with Crippen molar-refractivity contribution < 1.29 is 18.3 Å². The molecule has 0 radical (unpaired) electrons. The van der Waals surface area contributed by atoms with Crippen molar-refractivity contribution >= 4 is 17.6 Å². The lowest BCUT2D eigenvalue weighted by Crippen LogP contribution is -2.26. The van der Waals surface area contributed by atoms with Gasteiger partial charge in [-0.05, 0) is 31.0 Å². The Morgan fingerprint density at radius 2 is 2.17 bits per heavy atom. The fourth-order valence-electron chi connectivity index (χ4n) is 2.59. The third-order valence-corrected chi connectivity index (χ3v) is 4.33. The van der Waals surface area contributed by atoms with E-state index in [9.17, 15) is 9.18 Å². The van der Waals surface area contributed by atoms with Crippen molar-refractivity contribution in [2.75, 3.05) is 7.11 Å². The number of hydrogen-bond acceptors (Lipinski definition) is 4. The molecule has 3 rings (SSSR count). The van der Waals surface area contributed by atoms with Crippen LogP contribution in [-0.4, -0.2) is 24.0 Å². The topological polar surface area (TPSA) is 42.7 Å². The summed E-state index contributed by atoms with van der Waals surface area (Å²) in [5, 5.41) is 0.413. The molecule has 0 aliphatic heterocycles. The van der Waals surface area contributed by atoms with E-state index in [4.69, 9.17) is 20.8 Å². The zero-order valence-electron chi connectivity index (χ0n) is 12.7. The molecule has 0 bridgehead atoms. The summed E-state index contributed by atoms with van der Waals surface area (Å²) in [5.74, 6) is -0.633. The highest BCUT2D eigenvalue weighted by molar-refractivity contribution is 6.31. The number of ether oxygens (including phenoxy) is 1. The molecule has 1 aliphatic rings. The summed E-state index contributed by atoms with van der Waals surface area (Å²) in [5.41, 5.74) is 1.21. The van der Waals surface area contributed by atoms with Crippen LogP contribution in [0.4, 0.5) is 4.39 Å². The highest BCUT2D eigenvalue weighted by Crippen LogP contribution is 2.32. The van der Waals surface area contributed by atoms with Crippen LogP contribution in [0.25, 0.3) is 0 Å². The molecular weight excluding hydrogens is 321 g/mol. The molecule has 6 heteroatoms. The van der Waals surface area contributed by atoms with Crippen LogP contribution in [0.2, 0.25) is 5.02 Å². The number of rotatable bonds is 6. The molecule has 1 aromatic carbocycles. The molecule has 0 atom stereocenters. The number of benzene rings is 1. The van der Waals surface area contributed by atoms with E-state index in [0.717, 1.165) is 18.4 Å². The Hall–Kier alpha value is -1.85. The second-order valence-corrected chi connectivity index (χ2v) is 6.01. The van der Waals surface area contributed by atoms with E-state index in [2.05, 4.69) is 4.90 Å². The lowest BCUT2D eigenvalue weighted by atomic mass is 10.1. The molecule has 0 spiro atoms. The van der Waals surface area contributed by atoms with Gasteiger partial charge in [-0.25, -0.2) is 9.18 Å². The zero-order valence-corrected chi connectivity index (χ0v) is 13.5. The van der Waals surface area contributed by atoms with Gasteiger partial charge in [-0.1, -0.05) is 17.7 Å². The molecule has 1 saturated carbocycles. The van der Waals surface area contributed by atoms with Crippen molar-refractivity contribution in [2.24, 2.45) is 0 Å². The SMILES string of the molecule is COC(=O)c1occc1CN(Cc1c(F)cccc1Cl)C1CC1. The van der Waals surface area contributed by atoms with Crippen LogP contribution in [0.1, 0.15) is 34.5 Å². The molecule has 0 amide bonds. The summed E-state index contributed by atoms with van der Waals surface area (Å²) >= 11 is 6.13. The van der Waals surface area contributed by atoms with Gasteiger partial charge in [0, 0.05) is 35.3 Å². The summed E-state index contributed by atoms with van der Waals surface area (Å²) in [6.07, 6.45) is 3.57.